The smallest absolute Gasteiger partial charge is 0.191 e. The van der Waals surface area contributed by atoms with Crippen molar-refractivity contribution >= 4 is 5.96 Å². The SMILES string of the molecule is CCNC(=NCc1cc(OC)ccc1O)NC1CC2CCC1O2. The maximum atomic E-state index is 9.96. The summed E-state index contributed by atoms with van der Waals surface area (Å²) in [6.07, 6.45) is 4.04. The molecule has 2 bridgehead atoms. The first-order valence-corrected chi connectivity index (χ1v) is 8.25. The molecule has 3 unspecified atom stereocenters. The van der Waals surface area contributed by atoms with Gasteiger partial charge in [0.2, 0.25) is 0 Å². The Bertz CT molecular complexity index is 576. The number of aliphatic imine (C=N–C) groups is 1. The second kappa shape index (κ2) is 7.08. The molecule has 2 heterocycles. The summed E-state index contributed by atoms with van der Waals surface area (Å²) in [5.41, 5.74) is 0.741. The first-order chi connectivity index (χ1) is 11.2. The fourth-order valence-electron chi connectivity index (χ4n) is 3.27. The number of fused-ring (bicyclic) bond motifs is 2. The number of nitrogens with zero attached hydrogens (tertiary/aromatic N) is 1. The molecule has 3 atom stereocenters. The standard InChI is InChI=1S/C17H25N3O3/c1-3-18-17(20-14-9-13-5-7-16(14)23-13)19-10-11-8-12(22-2)4-6-15(11)21/h4,6,8,13-14,16,21H,3,5,7,9-10H2,1-2H3,(H2,18,19,20). The highest BCUT2D eigenvalue weighted by atomic mass is 16.5. The summed E-state index contributed by atoms with van der Waals surface area (Å²) >= 11 is 0. The molecule has 0 spiro atoms. The van der Waals surface area contributed by atoms with E-state index in [0.717, 1.165) is 30.9 Å². The van der Waals surface area contributed by atoms with E-state index in [1.165, 1.54) is 6.42 Å². The molecule has 3 N–H and O–H groups in total. The number of methoxy groups -OCH3 is 1. The van der Waals surface area contributed by atoms with Crippen LogP contribution in [-0.2, 0) is 11.3 Å². The van der Waals surface area contributed by atoms with Crippen LogP contribution in [0.25, 0.3) is 0 Å². The molecule has 6 heteroatoms. The van der Waals surface area contributed by atoms with Crippen molar-refractivity contribution in [3.05, 3.63) is 23.8 Å². The molecule has 2 aliphatic rings. The molecule has 0 saturated carbocycles. The van der Waals surface area contributed by atoms with Crippen molar-refractivity contribution in [2.45, 2.75) is 51.0 Å². The van der Waals surface area contributed by atoms with Gasteiger partial charge in [0.05, 0.1) is 31.9 Å². The van der Waals surface area contributed by atoms with Gasteiger partial charge in [-0.2, -0.15) is 0 Å². The Balaban J connectivity index is 1.67. The predicted molar refractivity (Wildman–Crippen MR) is 88.9 cm³/mol. The van der Waals surface area contributed by atoms with Gasteiger partial charge in [0, 0.05) is 12.1 Å². The number of hydrogen-bond acceptors (Lipinski definition) is 4. The van der Waals surface area contributed by atoms with Gasteiger partial charge in [0.15, 0.2) is 5.96 Å². The van der Waals surface area contributed by atoms with Crippen LogP contribution in [0.1, 0.15) is 31.7 Å². The van der Waals surface area contributed by atoms with Gasteiger partial charge in [-0.1, -0.05) is 0 Å². The van der Waals surface area contributed by atoms with Gasteiger partial charge in [-0.05, 0) is 44.4 Å². The van der Waals surface area contributed by atoms with Crippen molar-refractivity contribution in [2.24, 2.45) is 4.99 Å². The van der Waals surface area contributed by atoms with Gasteiger partial charge in [-0.15, -0.1) is 0 Å². The van der Waals surface area contributed by atoms with Crippen LogP contribution in [0.4, 0.5) is 0 Å². The lowest BCUT2D eigenvalue weighted by molar-refractivity contribution is 0.0992. The topological polar surface area (TPSA) is 75.1 Å². The van der Waals surface area contributed by atoms with E-state index in [4.69, 9.17) is 9.47 Å². The lowest BCUT2D eigenvalue weighted by atomic mass is 9.96. The fraction of sp³-hybridized carbons (Fsp3) is 0.588. The second-order valence-corrected chi connectivity index (χ2v) is 6.05. The minimum Gasteiger partial charge on any atom is -0.508 e. The molecule has 23 heavy (non-hydrogen) atoms. The molecule has 0 aliphatic carbocycles. The van der Waals surface area contributed by atoms with E-state index in [1.807, 2.05) is 13.0 Å². The Morgan fingerprint density at radius 3 is 2.96 bits per heavy atom. The minimum atomic E-state index is 0.230. The Hall–Kier alpha value is -1.95. The number of guanidine groups is 1. The van der Waals surface area contributed by atoms with E-state index in [2.05, 4.69) is 15.6 Å². The molecule has 2 saturated heterocycles. The van der Waals surface area contributed by atoms with Gasteiger partial charge < -0.3 is 25.2 Å². The zero-order chi connectivity index (χ0) is 16.2. The van der Waals surface area contributed by atoms with Crippen molar-refractivity contribution in [1.82, 2.24) is 10.6 Å². The fourth-order valence-corrected chi connectivity index (χ4v) is 3.27. The first kappa shape index (κ1) is 15.9. The molecular weight excluding hydrogens is 294 g/mol. The second-order valence-electron chi connectivity index (χ2n) is 6.05. The van der Waals surface area contributed by atoms with Crippen LogP contribution in [0, 0.1) is 0 Å². The molecule has 1 aromatic carbocycles. The average molecular weight is 319 g/mol. The number of benzene rings is 1. The van der Waals surface area contributed by atoms with E-state index < -0.39 is 0 Å². The quantitative estimate of drug-likeness (QED) is 0.570. The third-order valence-electron chi connectivity index (χ3n) is 4.47. The highest BCUT2D eigenvalue weighted by molar-refractivity contribution is 5.80. The summed E-state index contributed by atoms with van der Waals surface area (Å²) in [5, 5.41) is 16.7. The number of hydrogen-bond donors (Lipinski definition) is 3. The van der Waals surface area contributed by atoms with E-state index in [9.17, 15) is 5.11 Å². The number of aromatic hydroxyl groups is 1. The monoisotopic (exact) mass is 319 g/mol. The normalized spacial score (nSPS) is 26.3. The Kier molecular flexibility index (Phi) is 4.91. The molecule has 126 valence electrons. The lowest BCUT2D eigenvalue weighted by Gasteiger charge is -2.22. The van der Waals surface area contributed by atoms with Gasteiger partial charge in [0.25, 0.3) is 0 Å². The molecule has 2 aliphatic heterocycles. The van der Waals surface area contributed by atoms with Crippen LogP contribution >= 0.6 is 0 Å². The zero-order valence-corrected chi connectivity index (χ0v) is 13.7. The van der Waals surface area contributed by atoms with Crippen LogP contribution in [0.3, 0.4) is 0 Å². The molecule has 0 aromatic heterocycles. The van der Waals surface area contributed by atoms with E-state index in [1.54, 1.807) is 19.2 Å². The summed E-state index contributed by atoms with van der Waals surface area (Å²) in [6, 6.07) is 5.50. The predicted octanol–water partition coefficient (Wildman–Crippen LogP) is 1.78. The van der Waals surface area contributed by atoms with Crippen molar-refractivity contribution in [3.63, 3.8) is 0 Å². The van der Waals surface area contributed by atoms with Gasteiger partial charge in [-0.3, -0.25) is 0 Å². The van der Waals surface area contributed by atoms with Crippen LogP contribution in [0.5, 0.6) is 11.5 Å². The van der Waals surface area contributed by atoms with Crippen molar-refractivity contribution in [1.29, 1.82) is 0 Å². The highest BCUT2D eigenvalue weighted by Crippen LogP contribution is 2.34. The average Bonchev–Trinajstić information content (AvgIpc) is 3.17. The minimum absolute atomic E-state index is 0.230. The Morgan fingerprint density at radius 1 is 1.43 bits per heavy atom. The summed E-state index contributed by atoms with van der Waals surface area (Å²) in [5.74, 6) is 1.71. The van der Waals surface area contributed by atoms with E-state index in [0.29, 0.717) is 30.5 Å². The maximum absolute atomic E-state index is 9.96. The molecule has 6 nitrogen and oxygen atoms in total. The molecule has 2 fully saturated rings. The van der Waals surface area contributed by atoms with E-state index in [-0.39, 0.29) is 5.75 Å². The number of phenolic OH excluding ortho intramolecular Hbond substituents is 1. The van der Waals surface area contributed by atoms with Crippen LogP contribution < -0.4 is 15.4 Å². The number of nitrogens with one attached hydrogen (secondary N) is 2. The summed E-state index contributed by atoms with van der Waals surface area (Å²) < 4.78 is 11.1. The van der Waals surface area contributed by atoms with Crippen LogP contribution in [-0.4, -0.2) is 43.0 Å². The largest absolute Gasteiger partial charge is 0.508 e. The van der Waals surface area contributed by atoms with Crippen LogP contribution in [0.15, 0.2) is 23.2 Å². The van der Waals surface area contributed by atoms with Crippen molar-refractivity contribution < 1.29 is 14.6 Å². The van der Waals surface area contributed by atoms with Gasteiger partial charge in [-0.25, -0.2) is 4.99 Å². The number of ether oxygens (including phenoxy) is 2. The molecule has 0 amide bonds. The van der Waals surface area contributed by atoms with E-state index >= 15 is 0 Å². The zero-order valence-electron chi connectivity index (χ0n) is 13.7. The van der Waals surface area contributed by atoms with Gasteiger partial charge in [0.1, 0.15) is 11.5 Å². The first-order valence-electron chi connectivity index (χ1n) is 8.25. The summed E-state index contributed by atoms with van der Waals surface area (Å²) in [6.45, 7) is 3.22. The lowest BCUT2D eigenvalue weighted by Crippen LogP contribution is -2.47. The summed E-state index contributed by atoms with van der Waals surface area (Å²) in [4.78, 5) is 4.59. The maximum Gasteiger partial charge on any atom is 0.191 e. The third-order valence-corrected chi connectivity index (χ3v) is 4.47. The van der Waals surface area contributed by atoms with Crippen molar-refractivity contribution in [2.75, 3.05) is 13.7 Å². The Labute approximate surface area is 136 Å². The molecule has 3 rings (SSSR count). The number of rotatable bonds is 5. The molecule has 0 radical (unpaired) electrons. The third kappa shape index (κ3) is 3.69. The van der Waals surface area contributed by atoms with Crippen molar-refractivity contribution in [3.8, 4) is 11.5 Å². The van der Waals surface area contributed by atoms with Gasteiger partial charge >= 0.3 is 0 Å². The van der Waals surface area contributed by atoms with Crippen LogP contribution in [0.2, 0.25) is 0 Å². The number of phenols is 1. The highest BCUT2D eigenvalue weighted by Gasteiger charge is 2.41. The molecule has 1 aromatic rings. The summed E-state index contributed by atoms with van der Waals surface area (Å²) in [7, 11) is 1.61. The molecular formula is C17H25N3O3. The Morgan fingerprint density at radius 2 is 2.30 bits per heavy atom.